The summed E-state index contributed by atoms with van der Waals surface area (Å²) in [5.74, 6) is -0.815. The monoisotopic (exact) mass is 468 g/mol. The summed E-state index contributed by atoms with van der Waals surface area (Å²) in [6.07, 6.45) is 9.78. The van der Waals surface area contributed by atoms with Gasteiger partial charge in [0.1, 0.15) is 6.33 Å². The highest BCUT2D eigenvalue weighted by Crippen LogP contribution is 2.26. The Labute approximate surface area is 200 Å². The number of rotatable bonds is 7. The molecular formula is C27H21FN4O3. The third kappa shape index (κ3) is 5.06. The summed E-state index contributed by atoms with van der Waals surface area (Å²) in [6, 6.07) is 19.4. The number of phenols is 1. The third-order valence-electron chi connectivity index (χ3n) is 5.41. The van der Waals surface area contributed by atoms with Crippen LogP contribution in [0.25, 0.3) is 17.0 Å². The van der Waals surface area contributed by atoms with E-state index in [0.29, 0.717) is 23.5 Å². The van der Waals surface area contributed by atoms with Crippen LogP contribution in [0.4, 0.5) is 10.1 Å². The quantitative estimate of drug-likeness (QED) is 0.321. The van der Waals surface area contributed by atoms with Crippen LogP contribution in [0.2, 0.25) is 0 Å². The van der Waals surface area contributed by atoms with Gasteiger partial charge in [-0.15, -0.1) is 0 Å². The number of fused-ring (bicyclic) bond motifs is 1. The predicted octanol–water partition coefficient (Wildman–Crippen LogP) is 5.22. The number of para-hydroxylation sites is 1. The zero-order valence-electron chi connectivity index (χ0n) is 18.5. The average Bonchev–Trinajstić information content (AvgIpc) is 3.52. The van der Waals surface area contributed by atoms with Crippen molar-refractivity contribution in [3.05, 3.63) is 115 Å². The van der Waals surface area contributed by atoms with Crippen molar-refractivity contribution in [1.82, 2.24) is 14.3 Å². The van der Waals surface area contributed by atoms with Crippen molar-refractivity contribution in [3.63, 3.8) is 0 Å². The molecule has 0 unspecified atom stereocenters. The number of benzene rings is 3. The Kier molecular flexibility index (Phi) is 6.00. The first-order chi connectivity index (χ1) is 17.0. The zero-order chi connectivity index (χ0) is 24.2. The third-order valence-corrected chi connectivity index (χ3v) is 5.41. The lowest BCUT2D eigenvalue weighted by molar-refractivity contribution is -0.111. The Bertz CT molecular complexity index is 1510. The number of imidazole rings is 1. The topological polar surface area (TPSA) is 81.3 Å². The summed E-state index contributed by atoms with van der Waals surface area (Å²) < 4.78 is 16.8. The molecule has 1 amide bonds. The summed E-state index contributed by atoms with van der Waals surface area (Å²) in [5.41, 5.74) is 3.15. The second-order valence-electron chi connectivity index (χ2n) is 7.88. The molecule has 0 aliphatic heterocycles. The van der Waals surface area contributed by atoms with Gasteiger partial charge in [-0.3, -0.25) is 4.79 Å². The summed E-state index contributed by atoms with van der Waals surface area (Å²) in [6.45, 7) is 0.604. The molecule has 0 aliphatic carbocycles. The Hall–Kier alpha value is -4.85. The van der Waals surface area contributed by atoms with Crippen molar-refractivity contribution in [2.75, 3.05) is 5.32 Å². The first-order valence-corrected chi connectivity index (χ1v) is 10.9. The molecule has 0 bridgehead atoms. The van der Waals surface area contributed by atoms with Crippen LogP contribution in [0.5, 0.6) is 11.5 Å². The number of nitrogens with one attached hydrogen (secondary N) is 1. The number of halogens is 1. The van der Waals surface area contributed by atoms with Gasteiger partial charge in [0.2, 0.25) is 5.91 Å². The molecule has 0 spiro atoms. The molecule has 35 heavy (non-hydrogen) atoms. The van der Waals surface area contributed by atoms with E-state index in [1.807, 2.05) is 54.7 Å². The Morgan fingerprint density at radius 1 is 1.09 bits per heavy atom. The maximum atomic E-state index is 13.2. The van der Waals surface area contributed by atoms with E-state index in [9.17, 15) is 14.3 Å². The standard InChI is InChI=1S/C27H21FN4O3/c28-23-10-6-19(16-25(23)33)7-11-26(34)30-24-3-1-2-21-12-14-31(27(21)24)17-20-4-8-22(9-5-20)35-32-15-13-29-18-32/h1-16,18,33H,17H2,(H,30,34)/b11-7+. The van der Waals surface area contributed by atoms with Gasteiger partial charge < -0.3 is 19.8 Å². The van der Waals surface area contributed by atoms with E-state index in [-0.39, 0.29) is 5.91 Å². The molecular weight excluding hydrogens is 447 g/mol. The first kappa shape index (κ1) is 22.0. The van der Waals surface area contributed by atoms with E-state index in [1.54, 1.807) is 18.7 Å². The number of carbonyl (C=O) groups is 1. The maximum absolute atomic E-state index is 13.2. The second-order valence-corrected chi connectivity index (χ2v) is 7.88. The van der Waals surface area contributed by atoms with Crippen LogP contribution >= 0.6 is 0 Å². The fraction of sp³-hybridized carbons (Fsp3) is 0.0370. The summed E-state index contributed by atoms with van der Waals surface area (Å²) in [4.78, 5) is 22.2. The molecule has 5 aromatic rings. The maximum Gasteiger partial charge on any atom is 0.248 e. The number of carbonyl (C=O) groups excluding carboxylic acids is 1. The van der Waals surface area contributed by atoms with E-state index in [0.717, 1.165) is 22.5 Å². The highest BCUT2D eigenvalue weighted by atomic mass is 19.1. The molecule has 2 N–H and O–H groups in total. The van der Waals surface area contributed by atoms with Crippen LogP contribution in [-0.4, -0.2) is 25.3 Å². The lowest BCUT2D eigenvalue weighted by atomic mass is 10.2. The van der Waals surface area contributed by atoms with Crippen LogP contribution < -0.4 is 10.2 Å². The highest BCUT2D eigenvalue weighted by molar-refractivity contribution is 6.06. The molecule has 2 heterocycles. The number of aromatic nitrogens is 3. The Morgan fingerprint density at radius 3 is 2.71 bits per heavy atom. The second kappa shape index (κ2) is 9.56. The Morgan fingerprint density at radius 2 is 1.94 bits per heavy atom. The number of nitrogens with zero attached hydrogens (tertiary/aromatic N) is 3. The van der Waals surface area contributed by atoms with Gasteiger partial charge in [0, 0.05) is 30.4 Å². The van der Waals surface area contributed by atoms with Gasteiger partial charge in [0.05, 0.1) is 17.4 Å². The lowest BCUT2D eigenvalue weighted by Gasteiger charge is -2.11. The van der Waals surface area contributed by atoms with Crippen molar-refractivity contribution >= 4 is 28.6 Å². The van der Waals surface area contributed by atoms with Crippen LogP contribution in [0, 0.1) is 5.82 Å². The predicted molar refractivity (Wildman–Crippen MR) is 131 cm³/mol. The van der Waals surface area contributed by atoms with Crippen molar-refractivity contribution in [2.24, 2.45) is 0 Å². The van der Waals surface area contributed by atoms with Gasteiger partial charge in [0.25, 0.3) is 0 Å². The SMILES string of the molecule is O=C(/C=C/c1ccc(F)c(O)c1)Nc1cccc2ccn(Cc3ccc(On4ccnc4)cc3)c12. The van der Waals surface area contributed by atoms with Gasteiger partial charge in [-0.1, -0.05) is 30.3 Å². The number of hydrogen-bond donors (Lipinski definition) is 2. The van der Waals surface area contributed by atoms with E-state index in [2.05, 4.69) is 14.9 Å². The van der Waals surface area contributed by atoms with Crippen LogP contribution in [0.3, 0.4) is 0 Å². The number of hydrogen-bond acceptors (Lipinski definition) is 4. The van der Waals surface area contributed by atoms with E-state index >= 15 is 0 Å². The molecule has 0 radical (unpaired) electrons. The van der Waals surface area contributed by atoms with Gasteiger partial charge >= 0.3 is 0 Å². The smallest absolute Gasteiger partial charge is 0.248 e. The van der Waals surface area contributed by atoms with Crippen LogP contribution in [-0.2, 0) is 11.3 Å². The van der Waals surface area contributed by atoms with E-state index in [4.69, 9.17) is 4.84 Å². The zero-order valence-corrected chi connectivity index (χ0v) is 18.5. The molecule has 8 heteroatoms. The summed E-state index contributed by atoms with van der Waals surface area (Å²) >= 11 is 0. The minimum atomic E-state index is -0.709. The van der Waals surface area contributed by atoms with Gasteiger partial charge in [-0.2, -0.15) is 4.73 Å². The summed E-state index contributed by atoms with van der Waals surface area (Å²) in [7, 11) is 0. The fourth-order valence-corrected chi connectivity index (χ4v) is 3.75. The fourth-order valence-electron chi connectivity index (χ4n) is 3.75. The molecule has 174 valence electrons. The van der Waals surface area contributed by atoms with Crippen molar-refractivity contribution in [2.45, 2.75) is 6.54 Å². The minimum absolute atomic E-state index is 0.338. The van der Waals surface area contributed by atoms with Gasteiger partial charge in [-0.25, -0.2) is 9.37 Å². The molecule has 7 nitrogen and oxygen atoms in total. The molecule has 2 aromatic heterocycles. The number of aromatic hydroxyl groups is 1. The molecule has 0 aliphatic rings. The number of amides is 1. The Balaban J connectivity index is 1.32. The lowest BCUT2D eigenvalue weighted by Crippen LogP contribution is -2.09. The number of phenolic OH excluding ortho intramolecular Hbond substituents is 1. The van der Waals surface area contributed by atoms with Crippen molar-refractivity contribution < 1.29 is 19.1 Å². The first-order valence-electron chi connectivity index (χ1n) is 10.9. The molecule has 3 aromatic carbocycles. The molecule has 5 rings (SSSR count). The van der Waals surface area contributed by atoms with Crippen molar-refractivity contribution in [3.8, 4) is 11.5 Å². The van der Waals surface area contributed by atoms with Crippen LogP contribution in [0.15, 0.2) is 97.7 Å². The molecule has 0 fully saturated rings. The van der Waals surface area contributed by atoms with Crippen LogP contribution in [0.1, 0.15) is 11.1 Å². The largest absolute Gasteiger partial charge is 0.505 e. The minimum Gasteiger partial charge on any atom is -0.505 e. The van der Waals surface area contributed by atoms with Gasteiger partial charge in [0.15, 0.2) is 17.3 Å². The molecule has 0 saturated heterocycles. The average molecular weight is 468 g/mol. The molecule has 0 atom stereocenters. The normalized spacial score (nSPS) is 11.2. The van der Waals surface area contributed by atoms with Gasteiger partial charge in [-0.05, 0) is 53.6 Å². The van der Waals surface area contributed by atoms with E-state index < -0.39 is 11.6 Å². The van der Waals surface area contributed by atoms with Crippen molar-refractivity contribution in [1.29, 1.82) is 0 Å². The summed E-state index contributed by atoms with van der Waals surface area (Å²) in [5, 5.41) is 13.4. The number of anilines is 1. The van der Waals surface area contributed by atoms with E-state index in [1.165, 1.54) is 29.0 Å². The molecule has 0 saturated carbocycles. The highest BCUT2D eigenvalue weighted by Gasteiger charge is 2.10.